The number of carbonyl (C=O) groups is 1. The zero-order chi connectivity index (χ0) is 18.6. The van der Waals surface area contributed by atoms with Gasteiger partial charge in [-0.05, 0) is 37.0 Å². The maximum atomic E-state index is 12.4. The normalized spacial score (nSPS) is 19.3. The summed E-state index contributed by atoms with van der Waals surface area (Å²) in [7, 11) is 0. The molecule has 140 valence electrons. The van der Waals surface area contributed by atoms with Gasteiger partial charge in [-0.3, -0.25) is 0 Å². The number of alkyl halides is 3. The standard InChI is InChI=1S/C17H20F3N5O/c18-17(19,20)14-6-5-13(10-23-14)25-16(26)22-9-7-12-4-3-11-2-1-8-21-15(11)24-12/h3-6,10,12,21,24H,1-2,7-9H2,(H2,22,25,26). The quantitative estimate of drug-likeness (QED) is 0.660. The number of anilines is 1. The van der Waals surface area contributed by atoms with Gasteiger partial charge in [0.2, 0.25) is 0 Å². The molecule has 1 aromatic rings. The van der Waals surface area contributed by atoms with Gasteiger partial charge < -0.3 is 21.3 Å². The minimum Gasteiger partial charge on any atom is -0.372 e. The van der Waals surface area contributed by atoms with Gasteiger partial charge >= 0.3 is 12.2 Å². The van der Waals surface area contributed by atoms with Gasteiger partial charge in [0, 0.05) is 19.1 Å². The van der Waals surface area contributed by atoms with Gasteiger partial charge in [-0.2, -0.15) is 13.2 Å². The summed E-state index contributed by atoms with van der Waals surface area (Å²) in [5.74, 6) is 1.06. The van der Waals surface area contributed by atoms with Crippen LogP contribution < -0.4 is 21.3 Å². The van der Waals surface area contributed by atoms with E-state index in [0.29, 0.717) is 13.0 Å². The van der Waals surface area contributed by atoms with Crippen LogP contribution in [0.25, 0.3) is 0 Å². The molecule has 26 heavy (non-hydrogen) atoms. The molecular weight excluding hydrogens is 347 g/mol. The van der Waals surface area contributed by atoms with Crippen molar-refractivity contribution in [3.63, 3.8) is 0 Å². The van der Waals surface area contributed by atoms with E-state index in [4.69, 9.17) is 0 Å². The molecule has 0 spiro atoms. The first-order valence-electron chi connectivity index (χ1n) is 8.42. The zero-order valence-electron chi connectivity index (χ0n) is 14.0. The van der Waals surface area contributed by atoms with E-state index >= 15 is 0 Å². The summed E-state index contributed by atoms with van der Waals surface area (Å²) < 4.78 is 37.3. The van der Waals surface area contributed by atoms with Crippen LogP contribution in [0.5, 0.6) is 0 Å². The summed E-state index contributed by atoms with van der Waals surface area (Å²) in [5, 5.41) is 11.9. The Hall–Kier alpha value is -2.71. The Bertz CT molecular complexity index is 712. The van der Waals surface area contributed by atoms with Crippen molar-refractivity contribution in [2.45, 2.75) is 31.5 Å². The highest BCUT2D eigenvalue weighted by atomic mass is 19.4. The molecule has 0 saturated heterocycles. The summed E-state index contributed by atoms with van der Waals surface area (Å²) >= 11 is 0. The Morgan fingerprint density at radius 3 is 2.92 bits per heavy atom. The summed E-state index contributed by atoms with van der Waals surface area (Å²) in [4.78, 5) is 15.1. The smallest absolute Gasteiger partial charge is 0.372 e. The van der Waals surface area contributed by atoms with Gasteiger partial charge in [0.1, 0.15) is 11.5 Å². The highest BCUT2D eigenvalue weighted by molar-refractivity contribution is 5.88. The van der Waals surface area contributed by atoms with Crippen LogP contribution in [0.2, 0.25) is 0 Å². The van der Waals surface area contributed by atoms with Crippen LogP contribution >= 0.6 is 0 Å². The lowest BCUT2D eigenvalue weighted by atomic mass is 10.0. The van der Waals surface area contributed by atoms with Crippen LogP contribution in [0, 0.1) is 0 Å². The van der Waals surface area contributed by atoms with Crippen LogP contribution in [0.4, 0.5) is 23.7 Å². The third kappa shape index (κ3) is 4.68. The summed E-state index contributed by atoms with van der Waals surface area (Å²) in [6.07, 6.45) is 3.53. The molecule has 1 atom stereocenters. The van der Waals surface area contributed by atoms with Crippen LogP contribution in [0.1, 0.15) is 25.0 Å². The van der Waals surface area contributed by atoms with Crippen molar-refractivity contribution in [1.82, 2.24) is 20.9 Å². The topological polar surface area (TPSA) is 78.1 Å². The van der Waals surface area contributed by atoms with Gasteiger partial charge in [0.15, 0.2) is 0 Å². The highest BCUT2D eigenvalue weighted by Crippen LogP contribution is 2.27. The number of amides is 2. The number of halogens is 3. The molecule has 0 radical (unpaired) electrons. The highest BCUT2D eigenvalue weighted by Gasteiger charge is 2.32. The fourth-order valence-corrected chi connectivity index (χ4v) is 2.83. The molecule has 9 heteroatoms. The van der Waals surface area contributed by atoms with Crippen LogP contribution in [-0.2, 0) is 6.18 Å². The molecule has 0 aromatic carbocycles. The lowest BCUT2D eigenvalue weighted by Crippen LogP contribution is -2.41. The third-order valence-corrected chi connectivity index (χ3v) is 4.16. The monoisotopic (exact) mass is 367 g/mol. The average Bonchev–Trinajstić information content (AvgIpc) is 2.61. The Balaban J connectivity index is 1.41. The van der Waals surface area contributed by atoms with Crippen molar-refractivity contribution in [3.05, 3.63) is 47.6 Å². The predicted molar refractivity (Wildman–Crippen MR) is 91.2 cm³/mol. The average molecular weight is 367 g/mol. The molecule has 0 bridgehead atoms. The number of carbonyl (C=O) groups excluding carboxylic acids is 1. The molecule has 0 fully saturated rings. The van der Waals surface area contributed by atoms with E-state index < -0.39 is 17.9 Å². The minimum absolute atomic E-state index is 0.118. The number of hydrogen-bond acceptors (Lipinski definition) is 4. The van der Waals surface area contributed by atoms with Gasteiger partial charge in [-0.1, -0.05) is 12.2 Å². The number of dihydropyridines is 1. The van der Waals surface area contributed by atoms with Crippen molar-refractivity contribution < 1.29 is 18.0 Å². The number of pyridine rings is 1. The SMILES string of the molecule is O=C(NCCC1C=CC2=C(NCCC2)N1)Nc1ccc(C(F)(F)F)nc1. The number of nitrogens with zero attached hydrogens (tertiary/aromatic N) is 1. The third-order valence-electron chi connectivity index (χ3n) is 4.16. The van der Waals surface area contributed by atoms with Crippen molar-refractivity contribution in [2.24, 2.45) is 0 Å². The molecule has 3 heterocycles. The lowest BCUT2D eigenvalue weighted by Gasteiger charge is -2.29. The van der Waals surface area contributed by atoms with E-state index in [0.717, 1.165) is 37.5 Å². The van der Waals surface area contributed by atoms with Gasteiger partial charge in [-0.25, -0.2) is 9.78 Å². The second-order valence-corrected chi connectivity index (χ2v) is 6.14. The molecule has 4 N–H and O–H groups in total. The van der Waals surface area contributed by atoms with E-state index in [1.165, 1.54) is 11.6 Å². The second-order valence-electron chi connectivity index (χ2n) is 6.14. The van der Waals surface area contributed by atoms with Crippen molar-refractivity contribution in [3.8, 4) is 0 Å². The van der Waals surface area contributed by atoms with Gasteiger partial charge in [0.25, 0.3) is 0 Å². The number of rotatable bonds is 4. The van der Waals surface area contributed by atoms with Crippen molar-refractivity contribution in [2.75, 3.05) is 18.4 Å². The van der Waals surface area contributed by atoms with Gasteiger partial charge in [0.05, 0.1) is 11.9 Å². The second kappa shape index (κ2) is 7.67. The number of urea groups is 1. The molecular formula is C17H20F3N5O. The largest absolute Gasteiger partial charge is 0.433 e. The van der Waals surface area contributed by atoms with E-state index in [-0.39, 0.29) is 11.7 Å². The van der Waals surface area contributed by atoms with E-state index in [1.54, 1.807) is 0 Å². The number of hydrogen-bond donors (Lipinski definition) is 4. The maximum Gasteiger partial charge on any atom is 0.433 e. The Kier molecular flexibility index (Phi) is 5.34. The molecule has 2 aliphatic heterocycles. The number of allylic oxidation sites excluding steroid dienone is 2. The van der Waals surface area contributed by atoms with Crippen LogP contribution in [0.15, 0.2) is 41.9 Å². The number of aromatic nitrogens is 1. The Morgan fingerprint density at radius 2 is 2.19 bits per heavy atom. The predicted octanol–water partition coefficient (Wildman–Crippen LogP) is 2.74. The molecule has 0 saturated carbocycles. The molecule has 2 aliphatic rings. The Labute approximate surface area is 148 Å². The number of nitrogens with one attached hydrogen (secondary N) is 4. The molecule has 2 amide bonds. The first kappa shape index (κ1) is 18.1. The summed E-state index contributed by atoms with van der Waals surface area (Å²) in [6.45, 7) is 1.37. The maximum absolute atomic E-state index is 12.4. The van der Waals surface area contributed by atoms with E-state index in [2.05, 4.69) is 38.4 Å². The first-order valence-corrected chi connectivity index (χ1v) is 8.42. The minimum atomic E-state index is -4.50. The fourth-order valence-electron chi connectivity index (χ4n) is 2.83. The molecule has 1 unspecified atom stereocenters. The Morgan fingerprint density at radius 1 is 1.35 bits per heavy atom. The molecule has 1 aromatic heterocycles. The molecule has 3 rings (SSSR count). The first-order chi connectivity index (χ1) is 12.4. The molecule has 6 nitrogen and oxygen atoms in total. The zero-order valence-corrected chi connectivity index (χ0v) is 14.0. The van der Waals surface area contributed by atoms with Crippen LogP contribution in [0.3, 0.4) is 0 Å². The van der Waals surface area contributed by atoms with Crippen molar-refractivity contribution >= 4 is 11.7 Å². The van der Waals surface area contributed by atoms with E-state index in [1.807, 2.05) is 0 Å². The van der Waals surface area contributed by atoms with Gasteiger partial charge in [-0.15, -0.1) is 0 Å². The molecule has 0 aliphatic carbocycles. The lowest BCUT2D eigenvalue weighted by molar-refractivity contribution is -0.141. The van der Waals surface area contributed by atoms with Crippen molar-refractivity contribution in [1.29, 1.82) is 0 Å². The van der Waals surface area contributed by atoms with Crippen LogP contribution in [-0.4, -0.2) is 30.1 Å². The summed E-state index contributed by atoms with van der Waals surface area (Å²) in [6, 6.07) is 1.63. The fraction of sp³-hybridized carbons (Fsp3) is 0.412. The van der Waals surface area contributed by atoms with E-state index in [9.17, 15) is 18.0 Å². The summed E-state index contributed by atoms with van der Waals surface area (Å²) in [5.41, 5.74) is 0.476.